The first-order chi connectivity index (χ1) is 10.6. The Morgan fingerprint density at radius 1 is 1.55 bits per heavy atom. The third kappa shape index (κ3) is 1.89. The molecule has 0 aromatic carbocycles. The summed E-state index contributed by atoms with van der Waals surface area (Å²) in [6.07, 6.45) is 1.63. The molecule has 7 nitrogen and oxygen atoms in total. The van der Waals surface area contributed by atoms with Gasteiger partial charge in [0.2, 0.25) is 11.5 Å². The summed E-state index contributed by atoms with van der Waals surface area (Å²) in [5, 5.41) is 18.7. The lowest BCUT2D eigenvalue weighted by Crippen LogP contribution is -2.42. The number of nitrogens with zero attached hydrogens (tertiary/aromatic N) is 4. The third-order valence-electron chi connectivity index (χ3n) is 3.62. The van der Waals surface area contributed by atoms with Crippen LogP contribution >= 0.6 is 0 Å². The summed E-state index contributed by atoms with van der Waals surface area (Å²) < 4.78 is 2.94. The quantitative estimate of drug-likeness (QED) is 0.506. The fraction of sp³-hybridized carbons (Fsp3) is 0.200. The Bertz CT molecular complexity index is 1000. The summed E-state index contributed by atoms with van der Waals surface area (Å²) in [6.45, 7) is 1.84. The molecule has 0 aliphatic carbocycles. The maximum Gasteiger partial charge on any atom is 0.278 e. The van der Waals surface area contributed by atoms with E-state index in [2.05, 4.69) is 4.98 Å². The Labute approximate surface area is 125 Å². The van der Waals surface area contributed by atoms with Gasteiger partial charge in [-0.2, -0.15) is 5.26 Å². The number of nitriles is 1. The van der Waals surface area contributed by atoms with Gasteiger partial charge in [0, 0.05) is 11.8 Å². The molecule has 0 amide bonds. The number of nitrogens with two attached hydrogens (primary N) is 1. The molecule has 0 radical (unpaired) electrons. The lowest BCUT2D eigenvalue weighted by atomic mass is 10.2. The van der Waals surface area contributed by atoms with E-state index in [4.69, 9.17) is 5.73 Å². The van der Waals surface area contributed by atoms with E-state index in [0.29, 0.717) is 16.7 Å². The number of aromatic nitrogens is 3. The average Bonchev–Trinajstić information content (AvgIpc) is 2.51. The van der Waals surface area contributed by atoms with E-state index in [1.807, 2.05) is 19.1 Å². The first-order valence-electron chi connectivity index (χ1n) is 6.73. The number of anilines is 1. The number of hydrogen-bond donors (Lipinski definition) is 2. The molecule has 0 atom stereocenters. The molecule has 0 bridgehead atoms. The van der Waals surface area contributed by atoms with Crippen LogP contribution in [-0.4, -0.2) is 21.1 Å². The monoisotopic (exact) mass is 296 g/mol. The Morgan fingerprint density at radius 3 is 3.00 bits per heavy atom. The lowest BCUT2D eigenvalue weighted by Gasteiger charge is -2.08. The van der Waals surface area contributed by atoms with Crippen LogP contribution in [0.5, 0.6) is 0 Å². The molecule has 0 spiro atoms. The molecule has 110 valence electrons. The van der Waals surface area contributed by atoms with Gasteiger partial charge < -0.3 is 10.8 Å². The van der Waals surface area contributed by atoms with Crippen LogP contribution < -0.4 is 15.9 Å². The van der Waals surface area contributed by atoms with Crippen molar-refractivity contribution in [2.45, 2.75) is 13.5 Å². The highest BCUT2D eigenvalue weighted by Crippen LogP contribution is 2.14. The van der Waals surface area contributed by atoms with Gasteiger partial charge in [-0.1, -0.05) is 11.1 Å². The predicted octanol–water partition coefficient (Wildman–Crippen LogP) is -0.110. The molecule has 3 rings (SSSR count). The molecule has 3 N–H and O–H groups in total. The van der Waals surface area contributed by atoms with Crippen LogP contribution in [0.2, 0.25) is 0 Å². The summed E-state index contributed by atoms with van der Waals surface area (Å²) in [7, 11) is 0. The second-order valence-corrected chi connectivity index (χ2v) is 4.97. The zero-order chi connectivity index (χ0) is 15.9. The topological polar surface area (TPSA) is 108 Å². The molecule has 22 heavy (non-hydrogen) atoms. The Morgan fingerprint density at radius 2 is 2.32 bits per heavy atom. The zero-order valence-corrected chi connectivity index (χ0v) is 11.9. The number of rotatable bonds is 2. The molecule has 7 heteroatoms. The highest BCUT2D eigenvalue weighted by Gasteiger charge is 2.21. The summed E-state index contributed by atoms with van der Waals surface area (Å²) in [5.74, 6) is 0.189. The van der Waals surface area contributed by atoms with Crippen molar-refractivity contribution < 1.29 is 9.67 Å². The van der Waals surface area contributed by atoms with Gasteiger partial charge >= 0.3 is 0 Å². The van der Waals surface area contributed by atoms with Crippen LogP contribution in [0.3, 0.4) is 0 Å². The van der Waals surface area contributed by atoms with Crippen LogP contribution in [0.1, 0.15) is 11.1 Å². The Kier molecular flexibility index (Phi) is 3.23. The van der Waals surface area contributed by atoms with Crippen LogP contribution in [0.15, 0.2) is 29.2 Å². The van der Waals surface area contributed by atoms with Crippen molar-refractivity contribution in [3.63, 3.8) is 0 Å². The van der Waals surface area contributed by atoms with Crippen LogP contribution in [0.4, 0.5) is 5.82 Å². The van der Waals surface area contributed by atoms with Crippen LogP contribution in [-0.2, 0) is 6.54 Å². The van der Waals surface area contributed by atoms with E-state index in [-0.39, 0.29) is 30.1 Å². The smallest absolute Gasteiger partial charge is 0.278 e. The number of pyridine rings is 2. The second-order valence-electron chi connectivity index (χ2n) is 4.97. The average molecular weight is 296 g/mol. The van der Waals surface area contributed by atoms with Gasteiger partial charge in [0.15, 0.2) is 0 Å². The number of hydrogen-bond acceptors (Lipinski definition) is 5. The molecule has 0 fully saturated rings. The minimum atomic E-state index is -0.271. The van der Waals surface area contributed by atoms with E-state index in [1.165, 1.54) is 15.0 Å². The predicted molar refractivity (Wildman–Crippen MR) is 80.1 cm³/mol. The highest BCUT2D eigenvalue weighted by atomic mass is 16.3. The largest absolute Gasteiger partial charge is 0.393 e. The summed E-state index contributed by atoms with van der Waals surface area (Å²) in [4.78, 5) is 17.2. The van der Waals surface area contributed by atoms with Gasteiger partial charge in [0.05, 0.1) is 13.2 Å². The maximum absolute atomic E-state index is 12.7. The molecule has 0 saturated heterocycles. The summed E-state index contributed by atoms with van der Waals surface area (Å²) >= 11 is 0. The highest BCUT2D eigenvalue weighted by molar-refractivity contribution is 5.77. The number of aryl methyl sites for hydroxylation is 1. The minimum Gasteiger partial charge on any atom is -0.393 e. The van der Waals surface area contributed by atoms with Gasteiger partial charge in [-0.3, -0.25) is 9.20 Å². The van der Waals surface area contributed by atoms with Crippen molar-refractivity contribution in [3.8, 4) is 6.07 Å². The number of aliphatic hydroxyl groups excluding tert-OH is 1. The molecule has 0 unspecified atom stereocenters. The molecule has 0 aliphatic rings. The van der Waals surface area contributed by atoms with Gasteiger partial charge in [-0.25, -0.2) is 4.57 Å². The number of aliphatic hydroxyl groups is 1. The SMILES string of the molecule is Cc1cccn2c(=O)c3cc(C#N)c(N)[n+](CCO)c3nc12. The van der Waals surface area contributed by atoms with Crippen molar-refractivity contribution in [2.75, 3.05) is 12.3 Å². The van der Waals surface area contributed by atoms with Gasteiger partial charge in [-0.05, 0) is 19.1 Å². The Hall–Kier alpha value is -2.98. The van der Waals surface area contributed by atoms with Gasteiger partial charge in [0.25, 0.3) is 11.2 Å². The molecular weight excluding hydrogens is 282 g/mol. The van der Waals surface area contributed by atoms with Crippen LogP contribution in [0, 0.1) is 18.3 Å². The van der Waals surface area contributed by atoms with Crippen LogP contribution in [0.25, 0.3) is 16.7 Å². The zero-order valence-electron chi connectivity index (χ0n) is 11.9. The minimum absolute atomic E-state index is 0.159. The third-order valence-corrected chi connectivity index (χ3v) is 3.62. The van der Waals surface area contributed by atoms with E-state index < -0.39 is 0 Å². The van der Waals surface area contributed by atoms with E-state index in [0.717, 1.165) is 5.56 Å². The molecule has 0 saturated carbocycles. The van der Waals surface area contributed by atoms with E-state index >= 15 is 0 Å². The fourth-order valence-corrected chi connectivity index (χ4v) is 2.53. The molecule has 3 heterocycles. The number of fused-ring (bicyclic) bond motifs is 2. The number of nitrogen functional groups attached to an aromatic ring is 1. The fourth-order valence-electron chi connectivity index (χ4n) is 2.53. The van der Waals surface area contributed by atoms with E-state index in [1.54, 1.807) is 12.3 Å². The molecular formula is C15H14N5O2+. The Balaban J connectivity index is 2.59. The van der Waals surface area contributed by atoms with Crippen molar-refractivity contribution in [1.82, 2.24) is 9.38 Å². The molecule has 3 aromatic rings. The standard InChI is InChI=1S/C15H13N5O2/c1-9-3-2-4-20-13(9)18-14-11(15(20)22)7-10(8-16)12(17)19(14)5-6-21/h2-4,7,17,21H,5-6H2,1H3/p+1. The first kappa shape index (κ1) is 14.0. The summed E-state index contributed by atoms with van der Waals surface area (Å²) in [5.41, 5.74) is 7.61. The van der Waals surface area contributed by atoms with Crippen molar-refractivity contribution in [3.05, 3.63) is 45.9 Å². The van der Waals surface area contributed by atoms with Crippen molar-refractivity contribution in [1.29, 1.82) is 5.26 Å². The van der Waals surface area contributed by atoms with Crippen molar-refractivity contribution in [2.24, 2.45) is 0 Å². The second kappa shape index (κ2) is 5.09. The summed E-state index contributed by atoms with van der Waals surface area (Å²) in [6, 6.07) is 7.04. The van der Waals surface area contributed by atoms with Gasteiger partial charge in [-0.15, -0.1) is 0 Å². The molecule has 0 aliphatic heterocycles. The first-order valence-corrected chi connectivity index (χ1v) is 6.73. The van der Waals surface area contributed by atoms with E-state index in [9.17, 15) is 15.2 Å². The normalized spacial score (nSPS) is 11.0. The maximum atomic E-state index is 12.7. The lowest BCUT2D eigenvalue weighted by molar-refractivity contribution is -0.660. The van der Waals surface area contributed by atoms with Gasteiger partial charge in [0.1, 0.15) is 17.0 Å². The van der Waals surface area contributed by atoms with Crippen molar-refractivity contribution >= 4 is 22.5 Å². The molecule has 3 aromatic heterocycles.